The first-order valence-corrected chi connectivity index (χ1v) is 11.3. The van der Waals surface area contributed by atoms with Gasteiger partial charge in [-0.25, -0.2) is 8.42 Å². The number of amides is 1. The molecular formula is C18H22N2O5S2. The molecular weight excluding hydrogens is 388 g/mol. The number of nitrogens with one attached hydrogen (secondary N) is 1. The van der Waals surface area contributed by atoms with Crippen molar-refractivity contribution in [1.82, 2.24) is 9.62 Å². The molecule has 0 spiro atoms. The van der Waals surface area contributed by atoms with Gasteiger partial charge in [0, 0.05) is 13.2 Å². The molecule has 2 aromatic heterocycles. The van der Waals surface area contributed by atoms with Crippen LogP contribution in [0.3, 0.4) is 0 Å². The first-order chi connectivity index (χ1) is 13.0. The van der Waals surface area contributed by atoms with E-state index in [4.69, 9.17) is 9.15 Å². The van der Waals surface area contributed by atoms with Gasteiger partial charge in [-0.2, -0.15) is 4.31 Å². The highest BCUT2D eigenvalue weighted by Gasteiger charge is 2.47. The molecule has 2 saturated heterocycles. The first-order valence-electron chi connectivity index (χ1n) is 8.94. The zero-order chi connectivity index (χ0) is 19.0. The molecule has 0 radical (unpaired) electrons. The fourth-order valence-corrected chi connectivity index (χ4v) is 7.08. The van der Waals surface area contributed by atoms with E-state index < -0.39 is 15.9 Å². The SMILES string of the molecule is Cc1ccsc1S(=O)(=O)N1C[C@@H](C(=O)NCc2ccco2)C[C@H]2OCC[C@H]21. The Kier molecular flexibility index (Phi) is 5.11. The lowest BCUT2D eigenvalue weighted by molar-refractivity contribution is -0.128. The number of ether oxygens (including phenoxy) is 1. The van der Waals surface area contributed by atoms with Crippen LogP contribution in [0.1, 0.15) is 24.2 Å². The Bertz CT molecular complexity index is 906. The molecule has 1 amide bonds. The summed E-state index contributed by atoms with van der Waals surface area (Å²) in [6.45, 7) is 2.78. The fourth-order valence-electron chi connectivity index (χ4n) is 3.83. The van der Waals surface area contributed by atoms with Crippen molar-refractivity contribution in [3.05, 3.63) is 41.2 Å². The zero-order valence-corrected chi connectivity index (χ0v) is 16.6. The van der Waals surface area contributed by atoms with E-state index in [1.807, 2.05) is 0 Å². The molecule has 3 atom stereocenters. The van der Waals surface area contributed by atoms with Crippen LogP contribution in [0.25, 0.3) is 0 Å². The molecule has 4 heterocycles. The lowest BCUT2D eigenvalue weighted by Crippen LogP contribution is -2.54. The van der Waals surface area contributed by atoms with E-state index in [9.17, 15) is 13.2 Å². The van der Waals surface area contributed by atoms with Crippen LogP contribution in [0, 0.1) is 12.8 Å². The number of carbonyl (C=O) groups excluding carboxylic acids is 1. The van der Waals surface area contributed by atoms with Gasteiger partial charge < -0.3 is 14.5 Å². The Morgan fingerprint density at radius 1 is 1.41 bits per heavy atom. The van der Waals surface area contributed by atoms with E-state index in [2.05, 4.69) is 5.32 Å². The molecule has 9 heteroatoms. The maximum absolute atomic E-state index is 13.3. The molecule has 0 aliphatic carbocycles. The molecule has 2 aromatic rings. The van der Waals surface area contributed by atoms with Crippen molar-refractivity contribution in [2.24, 2.45) is 5.92 Å². The van der Waals surface area contributed by atoms with Gasteiger partial charge in [0.2, 0.25) is 5.91 Å². The predicted molar refractivity (Wildman–Crippen MR) is 99.8 cm³/mol. The Morgan fingerprint density at radius 2 is 2.26 bits per heavy atom. The number of hydrogen-bond acceptors (Lipinski definition) is 6. The molecule has 4 rings (SSSR count). The largest absolute Gasteiger partial charge is 0.467 e. The highest BCUT2D eigenvalue weighted by atomic mass is 32.2. The Balaban J connectivity index is 1.54. The predicted octanol–water partition coefficient (Wildman–Crippen LogP) is 2.13. The normalized spacial score (nSPS) is 26.0. The summed E-state index contributed by atoms with van der Waals surface area (Å²) in [5.74, 6) is 0.0330. The van der Waals surface area contributed by atoms with Gasteiger partial charge in [0.05, 0.1) is 30.9 Å². The number of rotatable bonds is 5. The summed E-state index contributed by atoms with van der Waals surface area (Å²) in [5.41, 5.74) is 0.736. The van der Waals surface area contributed by atoms with Gasteiger partial charge >= 0.3 is 0 Å². The van der Waals surface area contributed by atoms with Crippen LogP contribution in [0.5, 0.6) is 0 Å². The van der Waals surface area contributed by atoms with Crippen molar-refractivity contribution >= 4 is 27.3 Å². The number of sulfonamides is 1. The van der Waals surface area contributed by atoms with Crippen molar-refractivity contribution < 1.29 is 22.4 Å². The Hall–Kier alpha value is -1.68. The average molecular weight is 411 g/mol. The second kappa shape index (κ2) is 7.38. The summed E-state index contributed by atoms with van der Waals surface area (Å²) in [5, 5.41) is 4.63. The molecule has 27 heavy (non-hydrogen) atoms. The average Bonchev–Trinajstić information content (AvgIpc) is 3.39. The summed E-state index contributed by atoms with van der Waals surface area (Å²) in [7, 11) is -3.65. The summed E-state index contributed by atoms with van der Waals surface area (Å²) in [4.78, 5) is 12.7. The summed E-state index contributed by atoms with van der Waals surface area (Å²) in [6.07, 6.45) is 2.50. The Labute approximate surface area is 162 Å². The molecule has 2 aliphatic heterocycles. The lowest BCUT2D eigenvalue weighted by atomic mass is 9.91. The molecule has 1 N–H and O–H groups in total. The monoisotopic (exact) mass is 410 g/mol. The molecule has 146 valence electrons. The van der Waals surface area contributed by atoms with Crippen LogP contribution in [-0.2, 0) is 26.1 Å². The maximum Gasteiger partial charge on any atom is 0.253 e. The molecule has 0 aromatic carbocycles. The van der Waals surface area contributed by atoms with Crippen LogP contribution in [0.2, 0.25) is 0 Å². The number of hydrogen-bond donors (Lipinski definition) is 1. The number of fused-ring (bicyclic) bond motifs is 1. The van der Waals surface area contributed by atoms with E-state index in [1.54, 1.807) is 36.8 Å². The molecule has 0 saturated carbocycles. The molecule has 2 fully saturated rings. The van der Waals surface area contributed by atoms with Crippen molar-refractivity contribution in [2.45, 2.75) is 42.7 Å². The Morgan fingerprint density at radius 3 is 2.96 bits per heavy atom. The van der Waals surface area contributed by atoms with Gasteiger partial charge in [0.15, 0.2) is 0 Å². The van der Waals surface area contributed by atoms with E-state index in [1.165, 1.54) is 15.6 Å². The second-order valence-corrected chi connectivity index (χ2v) is 9.96. The van der Waals surface area contributed by atoms with Gasteiger partial charge in [0.1, 0.15) is 9.97 Å². The molecule has 0 bridgehead atoms. The number of carbonyl (C=O) groups is 1. The third-order valence-corrected chi connectivity index (χ3v) is 8.76. The number of aryl methyl sites for hydroxylation is 1. The highest BCUT2D eigenvalue weighted by molar-refractivity contribution is 7.91. The first kappa shape index (κ1) is 18.7. The van der Waals surface area contributed by atoms with Crippen LogP contribution in [-0.4, -0.2) is 43.9 Å². The van der Waals surface area contributed by atoms with Crippen LogP contribution >= 0.6 is 11.3 Å². The highest BCUT2D eigenvalue weighted by Crippen LogP contribution is 2.37. The van der Waals surface area contributed by atoms with Crippen LogP contribution in [0.15, 0.2) is 38.5 Å². The standard InChI is InChI=1S/C18H22N2O5S2/c1-12-5-8-26-18(12)27(22,23)20-11-13(9-16-15(20)4-7-25-16)17(21)19-10-14-3-2-6-24-14/h2-3,5-6,8,13,15-16H,4,7,9-11H2,1H3,(H,19,21)/t13-,15+,16+/m0/s1. The quantitative estimate of drug-likeness (QED) is 0.816. The molecule has 7 nitrogen and oxygen atoms in total. The topological polar surface area (TPSA) is 88.9 Å². The minimum atomic E-state index is -3.65. The fraction of sp³-hybridized carbons (Fsp3) is 0.500. The van der Waals surface area contributed by atoms with Gasteiger partial charge in [-0.3, -0.25) is 4.79 Å². The molecule has 2 aliphatic rings. The van der Waals surface area contributed by atoms with Crippen molar-refractivity contribution in [3.8, 4) is 0 Å². The smallest absolute Gasteiger partial charge is 0.253 e. The van der Waals surface area contributed by atoms with Crippen molar-refractivity contribution in [2.75, 3.05) is 13.2 Å². The number of nitrogens with zero attached hydrogens (tertiary/aromatic N) is 1. The van der Waals surface area contributed by atoms with Gasteiger partial charge in [0.25, 0.3) is 10.0 Å². The summed E-state index contributed by atoms with van der Waals surface area (Å²) >= 11 is 1.22. The second-order valence-electron chi connectivity index (χ2n) is 6.96. The lowest BCUT2D eigenvalue weighted by Gasteiger charge is -2.39. The van der Waals surface area contributed by atoms with Crippen molar-refractivity contribution in [1.29, 1.82) is 0 Å². The summed E-state index contributed by atoms with van der Waals surface area (Å²) in [6, 6.07) is 5.15. The van der Waals surface area contributed by atoms with E-state index in [-0.39, 0.29) is 31.1 Å². The van der Waals surface area contributed by atoms with Crippen LogP contribution < -0.4 is 5.32 Å². The van der Waals surface area contributed by atoms with Gasteiger partial charge in [-0.05, 0) is 48.9 Å². The molecule has 0 unspecified atom stereocenters. The number of piperidine rings is 1. The van der Waals surface area contributed by atoms with Crippen molar-refractivity contribution in [3.63, 3.8) is 0 Å². The third kappa shape index (κ3) is 3.56. The minimum absolute atomic E-state index is 0.175. The summed E-state index contributed by atoms with van der Waals surface area (Å²) < 4.78 is 39.4. The number of furan rings is 1. The zero-order valence-electron chi connectivity index (χ0n) is 15.0. The van der Waals surface area contributed by atoms with E-state index >= 15 is 0 Å². The van der Waals surface area contributed by atoms with E-state index in [0.29, 0.717) is 29.4 Å². The van der Waals surface area contributed by atoms with Crippen LogP contribution in [0.4, 0.5) is 0 Å². The minimum Gasteiger partial charge on any atom is -0.467 e. The number of thiophene rings is 1. The van der Waals surface area contributed by atoms with E-state index in [0.717, 1.165) is 5.56 Å². The third-order valence-electron chi connectivity index (χ3n) is 5.21. The van der Waals surface area contributed by atoms with Gasteiger partial charge in [-0.1, -0.05) is 0 Å². The van der Waals surface area contributed by atoms with Gasteiger partial charge in [-0.15, -0.1) is 11.3 Å². The maximum atomic E-state index is 13.3.